The summed E-state index contributed by atoms with van der Waals surface area (Å²) in [5, 5.41) is 8.82. The molecule has 2 aliphatic rings. The van der Waals surface area contributed by atoms with Crippen LogP contribution in [0.15, 0.2) is 0 Å². The van der Waals surface area contributed by atoms with Gasteiger partial charge in [0.2, 0.25) is 0 Å². The van der Waals surface area contributed by atoms with Gasteiger partial charge in [-0.2, -0.15) is 0 Å². The fourth-order valence-corrected chi connectivity index (χ4v) is 1.70. The molecule has 0 saturated carbocycles. The van der Waals surface area contributed by atoms with Crippen LogP contribution in [0.1, 0.15) is 20.3 Å². The highest BCUT2D eigenvalue weighted by Gasteiger charge is 2.48. The van der Waals surface area contributed by atoms with Crippen LogP contribution in [0.5, 0.6) is 0 Å². The molecule has 4 heteroatoms. The Morgan fingerprint density at radius 1 is 1.42 bits per heavy atom. The van der Waals surface area contributed by atoms with E-state index in [0.717, 1.165) is 6.42 Å². The van der Waals surface area contributed by atoms with Gasteiger partial charge < -0.3 is 19.3 Å². The topological polar surface area (TPSA) is 47.9 Å². The van der Waals surface area contributed by atoms with E-state index in [1.54, 1.807) is 0 Å². The van der Waals surface area contributed by atoms with Crippen LogP contribution in [-0.4, -0.2) is 36.0 Å². The van der Waals surface area contributed by atoms with Crippen LogP contribution >= 0.6 is 0 Å². The van der Waals surface area contributed by atoms with Gasteiger partial charge in [0.1, 0.15) is 6.10 Å². The van der Waals surface area contributed by atoms with Gasteiger partial charge in [-0.15, -0.1) is 0 Å². The predicted octanol–water partition coefficient (Wildman–Crippen LogP) is 0.245. The van der Waals surface area contributed by atoms with Crippen molar-refractivity contribution in [2.24, 2.45) is 0 Å². The molecule has 0 aromatic heterocycles. The maximum Gasteiger partial charge on any atom is 0.187 e. The molecule has 1 unspecified atom stereocenters. The molecule has 70 valence electrons. The number of hydrogen-bond donors (Lipinski definition) is 1. The highest BCUT2D eigenvalue weighted by molar-refractivity contribution is 4.84. The van der Waals surface area contributed by atoms with Gasteiger partial charge in [-0.3, -0.25) is 0 Å². The van der Waals surface area contributed by atoms with Gasteiger partial charge in [0.15, 0.2) is 12.1 Å². The van der Waals surface area contributed by atoms with E-state index in [9.17, 15) is 0 Å². The molecular formula is C8H14O4. The summed E-state index contributed by atoms with van der Waals surface area (Å²) in [7, 11) is 0. The minimum Gasteiger partial charge on any atom is -0.394 e. The summed E-state index contributed by atoms with van der Waals surface area (Å²) in [5.74, 6) is -0.532. The maximum atomic E-state index is 8.82. The number of rotatable bonds is 1. The Bertz CT molecular complexity index is 164. The minimum absolute atomic E-state index is 0.00264. The lowest BCUT2D eigenvalue weighted by molar-refractivity contribution is -0.207. The van der Waals surface area contributed by atoms with Crippen molar-refractivity contribution in [3.63, 3.8) is 0 Å². The lowest BCUT2D eigenvalue weighted by Crippen LogP contribution is -2.25. The van der Waals surface area contributed by atoms with Crippen molar-refractivity contribution in [1.29, 1.82) is 0 Å². The Morgan fingerprint density at radius 3 is 2.75 bits per heavy atom. The third kappa shape index (κ3) is 1.35. The average molecular weight is 174 g/mol. The lowest BCUT2D eigenvalue weighted by Gasteiger charge is -2.19. The Kier molecular flexibility index (Phi) is 1.88. The van der Waals surface area contributed by atoms with Crippen molar-refractivity contribution in [1.82, 2.24) is 0 Å². The molecule has 0 aromatic rings. The Balaban J connectivity index is 1.97. The van der Waals surface area contributed by atoms with Crippen molar-refractivity contribution in [2.45, 2.75) is 44.6 Å². The molecule has 3 atom stereocenters. The van der Waals surface area contributed by atoms with E-state index in [2.05, 4.69) is 0 Å². The molecule has 0 amide bonds. The molecule has 0 aromatic carbocycles. The smallest absolute Gasteiger partial charge is 0.187 e. The summed E-state index contributed by atoms with van der Waals surface area (Å²) in [6.07, 6.45) is 0.329. The fourth-order valence-electron chi connectivity index (χ4n) is 1.70. The zero-order chi connectivity index (χ0) is 8.77. The van der Waals surface area contributed by atoms with Crippen LogP contribution in [0.3, 0.4) is 0 Å². The Hall–Kier alpha value is -0.160. The lowest BCUT2D eigenvalue weighted by atomic mass is 10.2. The first-order valence-electron chi connectivity index (χ1n) is 4.23. The van der Waals surface area contributed by atoms with E-state index in [0.29, 0.717) is 0 Å². The molecule has 2 saturated heterocycles. The zero-order valence-electron chi connectivity index (χ0n) is 7.32. The van der Waals surface area contributed by atoms with Crippen molar-refractivity contribution in [3.05, 3.63) is 0 Å². The average Bonchev–Trinajstić information content (AvgIpc) is 2.40. The number of aliphatic hydroxyl groups excluding tert-OH is 1. The molecule has 0 aliphatic carbocycles. The van der Waals surface area contributed by atoms with Crippen LogP contribution in [0.4, 0.5) is 0 Å². The van der Waals surface area contributed by atoms with Gasteiger partial charge in [-0.1, -0.05) is 0 Å². The first-order valence-corrected chi connectivity index (χ1v) is 4.23. The molecule has 12 heavy (non-hydrogen) atoms. The second-order valence-corrected chi connectivity index (χ2v) is 3.72. The standard InChI is InChI=1S/C8H14O4/c1-8(2)11-6-3-5(4-9)10-7(6)12-8/h5-7,9H,3-4H2,1-2H3/t5-,6?,7-/m0/s1. The molecule has 2 rings (SSSR count). The third-order valence-corrected chi connectivity index (χ3v) is 2.16. The first-order chi connectivity index (χ1) is 5.61. The summed E-state index contributed by atoms with van der Waals surface area (Å²) in [4.78, 5) is 0. The predicted molar refractivity (Wildman–Crippen MR) is 40.4 cm³/mol. The molecule has 2 aliphatic heterocycles. The number of hydrogen-bond acceptors (Lipinski definition) is 4. The highest BCUT2D eigenvalue weighted by Crippen LogP contribution is 2.36. The molecule has 0 radical (unpaired) electrons. The summed E-state index contributed by atoms with van der Waals surface area (Å²) in [6.45, 7) is 3.77. The van der Waals surface area contributed by atoms with E-state index < -0.39 is 5.79 Å². The second kappa shape index (κ2) is 2.67. The largest absolute Gasteiger partial charge is 0.394 e. The third-order valence-electron chi connectivity index (χ3n) is 2.16. The van der Waals surface area contributed by atoms with Crippen LogP contribution in [0, 0.1) is 0 Å². The van der Waals surface area contributed by atoms with Gasteiger partial charge in [0.25, 0.3) is 0 Å². The van der Waals surface area contributed by atoms with E-state index in [1.165, 1.54) is 0 Å². The molecule has 2 fully saturated rings. The van der Waals surface area contributed by atoms with Crippen LogP contribution < -0.4 is 0 Å². The monoisotopic (exact) mass is 174 g/mol. The summed E-state index contributed by atoms with van der Waals surface area (Å²) < 4.78 is 16.4. The van der Waals surface area contributed by atoms with Crippen LogP contribution in [-0.2, 0) is 14.2 Å². The molecular weight excluding hydrogens is 160 g/mol. The number of aliphatic hydroxyl groups is 1. The van der Waals surface area contributed by atoms with Gasteiger partial charge in [0, 0.05) is 6.42 Å². The van der Waals surface area contributed by atoms with E-state index in [-0.39, 0.29) is 25.1 Å². The summed E-state index contributed by atoms with van der Waals surface area (Å²) in [6, 6.07) is 0. The van der Waals surface area contributed by atoms with E-state index in [1.807, 2.05) is 13.8 Å². The van der Waals surface area contributed by atoms with Crippen LogP contribution in [0.2, 0.25) is 0 Å². The number of fused-ring (bicyclic) bond motifs is 1. The SMILES string of the molecule is CC1(C)OC2C[C@@H](CO)O[C@H]2O1. The molecule has 0 bridgehead atoms. The normalized spacial score (nSPS) is 44.8. The first kappa shape index (κ1) is 8.44. The van der Waals surface area contributed by atoms with Crippen LogP contribution in [0.25, 0.3) is 0 Å². The Labute approximate surface area is 71.4 Å². The maximum absolute atomic E-state index is 8.82. The van der Waals surface area contributed by atoms with Crippen molar-refractivity contribution in [3.8, 4) is 0 Å². The molecule has 0 spiro atoms. The van der Waals surface area contributed by atoms with Crippen molar-refractivity contribution < 1.29 is 19.3 Å². The summed E-state index contributed by atoms with van der Waals surface area (Å²) >= 11 is 0. The summed E-state index contributed by atoms with van der Waals surface area (Å²) in [5.41, 5.74) is 0. The van der Waals surface area contributed by atoms with Gasteiger partial charge in [0.05, 0.1) is 12.7 Å². The van der Waals surface area contributed by atoms with Crippen molar-refractivity contribution in [2.75, 3.05) is 6.61 Å². The van der Waals surface area contributed by atoms with Gasteiger partial charge in [-0.05, 0) is 13.8 Å². The zero-order valence-corrected chi connectivity index (χ0v) is 7.32. The fraction of sp³-hybridized carbons (Fsp3) is 1.00. The van der Waals surface area contributed by atoms with E-state index in [4.69, 9.17) is 19.3 Å². The van der Waals surface area contributed by atoms with Gasteiger partial charge >= 0.3 is 0 Å². The quantitative estimate of drug-likeness (QED) is 0.619. The molecule has 1 N–H and O–H groups in total. The van der Waals surface area contributed by atoms with E-state index >= 15 is 0 Å². The van der Waals surface area contributed by atoms with Gasteiger partial charge in [-0.25, -0.2) is 0 Å². The Morgan fingerprint density at radius 2 is 2.17 bits per heavy atom. The molecule has 4 nitrogen and oxygen atoms in total. The molecule has 2 heterocycles. The second-order valence-electron chi connectivity index (χ2n) is 3.72. The minimum atomic E-state index is -0.532. The number of ether oxygens (including phenoxy) is 3. The van der Waals surface area contributed by atoms with Crippen molar-refractivity contribution >= 4 is 0 Å². The highest BCUT2D eigenvalue weighted by atomic mass is 16.8.